The highest BCUT2D eigenvalue weighted by Crippen LogP contribution is 2.32. The van der Waals surface area contributed by atoms with Crippen LogP contribution in [0.5, 0.6) is 11.5 Å². The monoisotopic (exact) mass is 301 g/mol. The molecule has 0 unspecified atom stereocenters. The van der Waals surface area contributed by atoms with Crippen molar-refractivity contribution in [3.05, 3.63) is 42.3 Å². The van der Waals surface area contributed by atoms with Gasteiger partial charge in [0.2, 0.25) is 0 Å². The van der Waals surface area contributed by atoms with E-state index >= 15 is 0 Å². The minimum absolute atomic E-state index is 0.248. The molecular formula is C15H15N3O4. The number of hydrogen-bond acceptors (Lipinski definition) is 6. The molecule has 0 radical (unpaired) electrons. The Hall–Kier alpha value is -2.80. The van der Waals surface area contributed by atoms with Crippen LogP contribution in [-0.4, -0.2) is 34.3 Å². The lowest BCUT2D eigenvalue weighted by molar-refractivity contribution is 0.277. The molecule has 0 fully saturated rings. The summed E-state index contributed by atoms with van der Waals surface area (Å²) in [5, 5.41) is 17.6. The maximum Gasteiger partial charge on any atom is 0.154 e. The molecule has 2 heterocycles. The molecule has 3 rings (SSSR count). The van der Waals surface area contributed by atoms with Crippen molar-refractivity contribution in [1.29, 1.82) is 0 Å². The van der Waals surface area contributed by atoms with Crippen LogP contribution in [0.2, 0.25) is 0 Å². The molecule has 0 aliphatic carbocycles. The van der Waals surface area contributed by atoms with E-state index in [1.165, 1.54) is 0 Å². The first-order valence-electron chi connectivity index (χ1n) is 6.60. The fraction of sp³-hybridized carbons (Fsp3) is 0.200. The fourth-order valence-corrected chi connectivity index (χ4v) is 2.21. The Kier molecular flexibility index (Phi) is 3.80. The van der Waals surface area contributed by atoms with Gasteiger partial charge in [-0.2, -0.15) is 0 Å². The van der Waals surface area contributed by atoms with Crippen LogP contribution in [0, 0.1) is 0 Å². The minimum Gasteiger partial charge on any atom is -0.497 e. The summed E-state index contributed by atoms with van der Waals surface area (Å²) in [6, 6.07) is 8.89. The molecule has 0 saturated heterocycles. The van der Waals surface area contributed by atoms with Crippen LogP contribution in [0.4, 0.5) is 0 Å². The van der Waals surface area contributed by atoms with Gasteiger partial charge in [0, 0.05) is 6.07 Å². The molecule has 0 aliphatic rings. The molecular weight excluding hydrogens is 286 g/mol. The first-order chi connectivity index (χ1) is 10.8. The van der Waals surface area contributed by atoms with Gasteiger partial charge in [-0.05, 0) is 24.3 Å². The third-order valence-electron chi connectivity index (χ3n) is 3.26. The van der Waals surface area contributed by atoms with Gasteiger partial charge >= 0.3 is 0 Å². The number of aromatic nitrogens is 3. The molecule has 0 amide bonds. The summed E-state index contributed by atoms with van der Waals surface area (Å²) in [6.07, 6.45) is 1.55. The zero-order chi connectivity index (χ0) is 15.5. The van der Waals surface area contributed by atoms with Crippen molar-refractivity contribution in [1.82, 2.24) is 15.0 Å². The van der Waals surface area contributed by atoms with Crippen LogP contribution in [0.15, 0.2) is 41.0 Å². The van der Waals surface area contributed by atoms with Crippen molar-refractivity contribution in [3.8, 4) is 28.6 Å². The van der Waals surface area contributed by atoms with Gasteiger partial charge in [0.1, 0.15) is 28.6 Å². The molecule has 1 N–H and O–H groups in total. The Morgan fingerprint density at radius 1 is 1.23 bits per heavy atom. The summed E-state index contributed by atoms with van der Waals surface area (Å²) >= 11 is 0. The zero-order valence-electron chi connectivity index (χ0n) is 12.2. The number of nitrogens with zero attached hydrogens (tertiary/aromatic N) is 3. The van der Waals surface area contributed by atoms with E-state index in [2.05, 4.69) is 10.3 Å². The summed E-state index contributed by atoms with van der Waals surface area (Å²) in [5.41, 5.74) is 1.62. The molecule has 0 aliphatic heterocycles. The standard InChI is InChI=1S/C15H15N3O4/c1-20-10-5-6-13(21-2)12(8-10)18-15(11(9-19)16-17-18)14-4-3-7-22-14/h3-8,19H,9H2,1-2H3. The third-order valence-corrected chi connectivity index (χ3v) is 3.26. The number of ether oxygens (including phenoxy) is 2. The second kappa shape index (κ2) is 5.90. The molecule has 114 valence electrons. The molecule has 1 aromatic carbocycles. The number of benzene rings is 1. The van der Waals surface area contributed by atoms with E-state index < -0.39 is 0 Å². The van der Waals surface area contributed by atoms with Crippen molar-refractivity contribution < 1.29 is 19.0 Å². The van der Waals surface area contributed by atoms with Crippen molar-refractivity contribution >= 4 is 0 Å². The predicted molar refractivity (Wildman–Crippen MR) is 78.1 cm³/mol. The van der Waals surface area contributed by atoms with Crippen LogP contribution in [0.3, 0.4) is 0 Å². The van der Waals surface area contributed by atoms with Crippen molar-refractivity contribution in [3.63, 3.8) is 0 Å². The molecule has 0 spiro atoms. The average molecular weight is 301 g/mol. The van der Waals surface area contributed by atoms with E-state index in [1.54, 1.807) is 55.5 Å². The average Bonchev–Trinajstić information content (AvgIpc) is 3.22. The smallest absolute Gasteiger partial charge is 0.154 e. The summed E-state index contributed by atoms with van der Waals surface area (Å²) in [4.78, 5) is 0. The lowest BCUT2D eigenvalue weighted by Gasteiger charge is -2.12. The van der Waals surface area contributed by atoms with Crippen LogP contribution in [0.25, 0.3) is 17.1 Å². The van der Waals surface area contributed by atoms with Crippen molar-refractivity contribution in [2.24, 2.45) is 0 Å². The maximum atomic E-state index is 9.49. The Bertz CT molecular complexity index is 765. The lowest BCUT2D eigenvalue weighted by Crippen LogP contribution is -2.03. The van der Waals surface area contributed by atoms with E-state index in [9.17, 15) is 5.11 Å². The topological polar surface area (TPSA) is 82.5 Å². The maximum absolute atomic E-state index is 9.49. The number of furan rings is 1. The Morgan fingerprint density at radius 3 is 2.73 bits per heavy atom. The number of aliphatic hydroxyl groups excluding tert-OH is 1. The van der Waals surface area contributed by atoms with Crippen molar-refractivity contribution in [2.75, 3.05) is 14.2 Å². The van der Waals surface area contributed by atoms with Gasteiger partial charge in [0.25, 0.3) is 0 Å². The first kappa shape index (κ1) is 14.2. The molecule has 0 atom stereocenters. The summed E-state index contributed by atoms with van der Waals surface area (Å²) in [5.74, 6) is 1.81. The Morgan fingerprint density at radius 2 is 2.09 bits per heavy atom. The predicted octanol–water partition coefficient (Wildman–Crippen LogP) is 2.04. The largest absolute Gasteiger partial charge is 0.497 e. The summed E-state index contributed by atoms with van der Waals surface area (Å²) in [7, 11) is 3.15. The first-order valence-corrected chi connectivity index (χ1v) is 6.60. The van der Waals surface area contributed by atoms with Crippen LogP contribution >= 0.6 is 0 Å². The second-order valence-electron chi connectivity index (χ2n) is 4.47. The zero-order valence-corrected chi connectivity index (χ0v) is 12.2. The molecule has 22 heavy (non-hydrogen) atoms. The summed E-state index contributed by atoms with van der Waals surface area (Å²) < 4.78 is 17.6. The van der Waals surface area contributed by atoms with Crippen LogP contribution in [-0.2, 0) is 6.61 Å². The second-order valence-corrected chi connectivity index (χ2v) is 4.47. The van der Waals surface area contributed by atoms with Gasteiger partial charge in [-0.15, -0.1) is 5.10 Å². The lowest BCUT2D eigenvalue weighted by atomic mass is 10.2. The molecule has 7 nitrogen and oxygen atoms in total. The van der Waals surface area contributed by atoms with E-state index in [0.29, 0.717) is 34.3 Å². The quantitative estimate of drug-likeness (QED) is 0.776. The van der Waals surface area contributed by atoms with Crippen molar-refractivity contribution in [2.45, 2.75) is 6.61 Å². The molecule has 0 saturated carbocycles. The number of hydrogen-bond donors (Lipinski definition) is 1. The fourth-order valence-electron chi connectivity index (χ4n) is 2.21. The summed E-state index contributed by atoms with van der Waals surface area (Å²) in [6.45, 7) is -0.248. The van der Waals surface area contributed by atoms with Gasteiger partial charge in [-0.3, -0.25) is 0 Å². The minimum atomic E-state index is -0.248. The molecule has 2 aromatic heterocycles. The highest BCUT2D eigenvalue weighted by Gasteiger charge is 2.20. The SMILES string of the molecule is COc1ccc(OC)c(-n2nnc(CO)c2-c2ccco2)c1. The van der Waals surface area contributed by atoms with Gasteiger partial charge in [0.05, 0.1) is 27.1 Å². The Balaban J connectivity index is 2.23. The van der Waals surface area contributed by atoms with E-state index in [0.717, 1.165) is 0 Å². The molecule has 7 heteroatoms. The molecule has 0 bridgehead atoms. The van der Waals surface area contributed by atoms with E-state index in [1.807, 2.05) is 0 Å². The normalized spacial score (nSPS) is 10.7. The van der Waals surface area contributed by atoms with Gasteiger partial charge in [-0.1, -0.05) is 5.21 Å². The number of rotatable bonds is 5. The van der Waals surface area contributed by atoms with Gasteiger partial charge in [0.15, 0.2) is 5.76 Å². The molecule has 3 aromatic rings. The van der Waals surface area contributed by atoms with Gasteiger partial charge < -0.3 is 19.0 Å². The van der Waals surface area contributed by atoms with Crippen LogP contribution in [0.1, 0.15) is 5.69 Å². The van der Waals surface area contributed by atoms with Crippen LogP contribution < -0.4 is 9.47 Å². The highest BCUT2D eigenvalue weighted by molar-refractivity contribution is 5.62. The van der Waals surface area contributed by atoms with E-state index in [4.69, 9.17) is 13.9 Å². The Labute approximate surface area is 126 Å². The van der Waals surface area contributed by atoms with E-state index in [-0.39, 0.29) is 6.61 Å². The van der Waals surface area contributed by atoms with Gasteiger partial charge in [-0.25, -0.2) is 4.68 Å². The highest BCUT2D eigenvalue weighted by atomic mass is 16.5. The number of methoxy groups -OCH3 is 2. The third kappa shape index (κ3) is 2.31. The number of aliphatic hydroxyl groups is 1.